The molecule has 2 heterocycles. The number of carbonyl (C=O) groups excluding carboxylic acids is 1. The van der Waals surface area contributed by atoms with Crippen molar-refractivity contribution in [3.8, 4) is 11.3 Å². The minimum absolute atomic E-state index is 0.251. The summed E-state index contributed by atoms with van der Waals surface area (Å²) in [6.45, 7) is 0.926. The van der Waals surface area contributed by atoms with Crippen LogP contribution in [0.3, 0.4) is 0 Å². The van der Waals surface area contributed by atoms with Crippen LogP contribution in [0.15, 0.2) is 59.1 Å². The zero-order valence-electron chi connectivity index (χ0n) is 21.7. The van der Waals surface area contributed by atoms with E-state index >= 15 is 0 Å². The van der Waals surface area contributed by atoms with Gasteiger partial charge in [0.15, 0.2) is 5.76 Å². The molecule has 206 valence electrons. The number of alkyl halides is 3. The molecule has 2 saturated carbocycles. The highest BCUT2D eigenvalue weighted by Gasteiger charge is 2.46. The smallest absolute Gasteiger partial charge is 0.416 e. The third-order valence-corrected chi connectivity index (χ3v) is 8.90. The van der Waals surface area contributed by atoms with Gasteiger partial charge in [-0.3, -0.25) is 4.79 Å². The van der Waals surface area contributed by atoms with Crippen LogP contribution in [0.25, 0.3) is 11.3 Å². The number of anilines is 2. The van der Waals surface area contributed by atoms with Gasteiger partial charge in [0.2, 0.25) is 5.91 Å². The lowest BCUT2D eigenvalue weighted by Crippen LogP contribution is -2.41. The normalized spacial score (nSPS) is 26.6. The predicted octanol–water partition coefficient (Wildman–Crippen LogP) is 6.74. The van der Waals surface area contributed by atoms with Crippen molar-refractivity contribution < 1.29 is 22.4 Å². The van der Waals surface area contributed by atoms with Gasteiger partial charge in [0.25, 0.3) is 6.01 Å². The van der Waals surface area contributed by atoms with Gasteiger partial charge in [-0.15, -0.1) is 0 Å². The number of aromatic nitrogens is 1. The molecule has 1 saturated heterocycles. The van der Waals surface area contributed by atoms with Gasteiger partial charge in [0, 0.05) is 35.4 Å². The molecule has 3 N–H and O–H groups in total. The molecule has 2 aliphatic carbocycles. The molecule has 1 aromatic heterocycles. The van der Waals surface area contributed by atoms with Crippen LogP contribution in [0.5, 0.6) is 0 Å². The van der Waals surface area contributed by atoms with Gasteiger partial charge in [-0.1, -0.05) is 25.0 Å². The molecule has 0 unspecified atom stereocenters. The number of oxazole rings is 1. The minimum Gasteiger partial charge on any atom is -0.424 e. The van der Waals surface area contributed by atoms with Crippen molar-refractivity contribution >= 4 is 17.6 Å². The molecular weight excluding hydrogens is 505 g/mol. The monoisotopic (exact) mass is 538 g/mol. The van der Waals surface area contributed by atoms with Crippen molar-refractivity contribution in [2.75, 3.05) is 16.8 Å². The van der Waals surface area contributed by atoms with Gasteiger partial charge >= 0.3 is 6.18 Å². The molecule has 9 heteroatoms. The summed E-state index contributed by atoms with van der Waals surface area (Å²) >= 11 is 0. The van der Waals surface area contributed by atoms with Crippen molar-refractivity contribution in [3.63, 3.8) is 0 Å². The largest absolute Gasteiger partial charge is 0.424 e. The number of benzene rings is 2. The molecular formula is C30H33F3N4O2. The van der Waals surface area contributed by atoms with Crippen LogP contribution < -0.4 is 16.0 Å². The maximum Gasteiger partial charge on any atom is 0.416 e. The number of hydrogen-bond acceptors (Lipinski definition) is 5. The van der Waals surface area contributed by atoms with E-state index in [0.717, 1.165) is 49.9 Å². The first-order chi connectivity index (χ1) is 18.7. The van der Waals surface area contributed by atoms with E-state index < -0.39 is 17.6 Å². The maximum atomic E-state index is 13.0. The van der Waals surface area contributed by atoms with Crippen molar-refractivity contribution in [1.29, 1.82) is 0 Å². The number of nitrogens with zero attached hydrogens (tertiary/aromatic N) is 2. The minimum atomic E-state index is -4.31. The van der Waals surface area contributed by atoms with Gasteiger partial charge in [-0.2, -0.15) is 13.2 Å². The summed E-state index contributed by atoms with van der Waals surface area (Å²) in [5.41, 5.74) is 6.88. The molecule has 3 fully saturated rings. The first-order valence-electron chi connectivity index (χ1n) is 13.8. The fraction of sp³-hybridized carbons (Fsp3) is 0.467. The number of fused-ring (bicyclic) bond motifs is 2. The summed E-state index contributed by atoms with van der Waals surface area (Å²) in [4.78, 5) is 18.3. The van der Waals surface area contributed by atoms with E-state index in [-0.39, 0.29) is 6.04 Å². The van der Waals surface area contributed by atoms with Crippen LogP contribution in [0.1, 0.15) is 60.9 Å². The molecule has 6 rings (SSSR count). The lowest BCUT2D eigenvalue weighted by atomic mass is 9.77. The van der Waals surface area contributed by atoms with Crippen LogP contribution in [0.4, 0.5) is 24.9 Å². The highest BCUT2D eigenvalue weighted by atomic mass is 19.4. The first-order valence-corrected chi connectivity index (χ1v) is 13.8. The summed E-state index contributed by atoms with van der Waals surface area (Å²) in [6, 6.07) is 13.8. The van der Waals surface area contributed by atoms with Gasteiger partial charge in [0.1, 0.15) is 0 Å². The molecule has 2 aromatic carbocycles. The van der Waals surface area contributed by atoms with Gasteiger partial charge in [-0.05, 0) is 86.3 Å². The standard InChI is InChI=1S/C30H33F3N4O2/c31-30(32,33)23-8-10-24(11-9-23)37-17-18-12-22(26(37)13-18)14-19-4-1-2-7-25(19)36-29-35-16-27(39-29)20-5-3-6-21(15-20)28(34)38/h3,5-6,8-11,15-16,18-19,22,25-26H,1-2,4,7,12-14,17H2,(H2,34,38)(H,35,36)/t18-,19+,22-,25-,26-/m1/s1. The number of amides is 1. The summed E-state index contributed by atoms with van der Waals surface area (Å²) in [7, 11) is 0. The van der Waals surface area contributed by atoms with Crippen LogP contribution in [0.2, 0.25) is 0 Å². The fourth-order valence-electron chi connectivity index (χ4n) is 7.08. The Hall–Kier alpha value is -3.49. The molecule has 0 radical (unpaired) electrons. The van der Waals surface area contributed by atoms with E-state index in [4.69, 9.17) is 10.2 Å². The summed E-state index contributed by atoms with van der Waals surface area (Å²) in [6.07, 6.45) is 5.27. The molecule has 3 aromatic rings. The van der Waals surface area contributed by atoms with E-state index in [1.165, 1.54) is 25.0 Å². The zero-order valence-corrected chi connectivity index (χ0v) is 21.7. The number of nitrogens with one attached hydrogen (secondary N) is 1. The Morgan fingerprint density at radius 2 is 1.87 bits per heavy atom. The van der Waals surface area contributed by atoms with Crippen molar-refractivity contribution in [2.45, 2.75) is 63.2 Å². The third-order valence-electron chi connectivity index (χ3n) is 8.90. The number of nitrogens with two attached hydrogens (primary N) is 1. The van der Waals surface area contributed by atoms with Crippen LogP contribution in [-0.4, -0.2) is 29.5 Å². The summed E-state index contributed by atoms with van der Waals surface area (Å²) in [5.74, 6) is 1.69. The van der Waals surface area contributed by atoms with Gasteiger partial charge in [0.05, 0.1) is 11.8 Å². The molecule has 1 aliphatic heterocycles. The molecule has 39 heavy (non-hydrogen) atoms. The lowest BCUT2D eigenvalue weighted by molar-refractivity contribution is -0.137. The molecule has 5 atom stereocenters. The third kappa shape index (κ3) is 5.36. The van der Waals surface area contributed by atoms with Gasteiger partial charge in [-0.25, -0.2) is 4.98 Å². The second-order valence-electron chi connectivity index (χ2n) is 11.4. The second kappa shape index (κ2) is 10.2. The molecule has 2 bridgehead atoms. The van der Waals surface area contributed by atoms with E-state index in [2.05, 4.69) is 15.2 Å². The number of hydrogen-bond donors (Lipinski definition) is 2. The fourth-order valence-corrected chi connectivity index (χ4v) is 7.08. The summed E-state index contributed by atoms with van der Waals surface area (Å²) < 4.78 is 45.2. The number of carbonyl (C=O) groups is 1. The van der Waals surface area contributed by atoms with E-state index in [0.29, 0.717) is 41.1 Å². The number of piperidine rings is 1. The Bertz CT molecular complexity index is 1320. The Morgan fingerprint density at radius 1 is 1.08 bits per heavy atom. The predicted molar refractivity (Wildman–Crippen MR) is 143 cm³/mol. The van der Waals surface area contributed by atoms with Crippen LogP contribution in [-0.2, 0) is 6.18 Å². The topological polar surface area (TPSA) is 84.4 Å². The molecule has 0 spiro atoms. The SMILES string of the molecule is NC(=O)c1cccc(-c2cnc(N[C@@H]3CCCC[C@H]3C[C@H]3C[C@@H]4C[C@H]3N(c3ccc(C(F)(F)F)cc3)C4)o2)c1. The summed E-state index contributed by atoms with van der Waals surface area (Å²) in [5, 5.41) is 3.55. The molecule has 6 nitrogen and oxygen atoms in total. The number of primary amides is 1. The number of halogens is 3. The second-order valence-corrected chi connectivity index (χ2v) is 11.4. The van der Waals surface area contributed by atoms with Gasteiger partial charge < -0.3 is 20.4 Å². The number of rotatable bonds is 7. The Kier molecular flexibility index (Phi) is 6.77. The van der Waals surface area contributed by atoms with E-state index in [1.54, 1.807) is 36.5 Å². The van der Waals surface area contributed by atoms with Crippen molar-refractivity contribution in [3.05, 3.63) is 65.9 Å². The Balaban J connectivity index is 1.12. The average Bonchev–Trinajstić information content (AvgIpc) is 3.66. The highest BCUT2D eigenvalue weighted by molar-refractivity contribution is 5.93. The Labute approximate surface area is 225 Å². The maximum absolute atomic E-state index is 13.0. The van der Waals surface area contributed by atoms with Crippen molar-refractivity contribution in [2.24, 2.45) is 23.5 Å². The Morgan fingerprint density at radius 3 is 2.62 bits per heavy atom. The highest BCUT2D eigenvalue weighted by Crippen LogP contribution is 2.48. The first kappa shape index (κ1) is 25.8. The zero-order chi connectivity index (χ0) is 27.1. The van der Waals surface area contributed by atoms with E-state index in [1.807, 2.05) is 6.07 Å². The van der Waals surface area contributed by atoms with Crippen LogP contribution in [0, 0.1) is 17.8 Å². The average molecular weight is 539 g/mol. The van der Waals surface area contributed by atoms with Crippen molar-refractivity contribution in [1.82, 2.24) is 4.98 Å². The quantitative estimate of drug-likeness (QED) is 0.348. The lowest BCUT2D eigenvalue weighted by Gasteiger charge is -2.39. The van der Waals surface area contributed by atoms with E-state index in [9.17, 15) is 18.0 Å². The van der Waals surface area contributed by atoms with Crippen LogP contribution >= 0.6 is 0 Å². The molecule has 3 aliphatic rings. The molecule has 1 amide bonds.